The molecule has 0 spiro atoms. The second kappa shape index (κ2) is 24.9. The Morgan fingerprint density at radius 3 is 1.65 bits per heavy atom. The Kier molecular flexibility index (Phi) is 19.5. The predicted octanol–water partition coefficient (Wildman–Crippen LogP) is 10.6. The molecule has 4 heterocycles. The number of benzene rings is 2. The summed E-state index contributed by atoms with van der Waals surface area (Å²) >= 11 is 0. The molecule has 12 nitrogen and oxygen atoms in total. The number of hydrogen-bond acceptors (Lipinski definition) is 9. The van der Waals surface area contributed by atoms with E-state index in [0.29, 0.717) is 24.7 Å². The van der Waals surface area contributed by atoms with Gasteiger partial charge in [0, 0.05) is 62.2 Å². The Balaban J connectivity index is 1.23. The summed E-state index contributed by atoms with van der Waals surface area (Å²) in [4.78, 5) is 71.7. The molecule has 3 atom stereocenters. The van der Waals surface area contributed by atoms with Crippen LogP contribution in [0.2, 0.25) is 0 Å². The van der Waals surface area contributed by atoms with Crippen molar-refractivity contribution in [2.45, 2.75) is 124 Å². The lowest BCUT2D eigenvalue weighted by atomic mass is 9.89. The number of aryl methyl sites for hydroxylation is 2. The van der Waals surface area contributed by atoms with Gasteiger partial charge < -0.3 is 33.7 Å². The van der Waals surface area contributed by atoms with Crippen LogP contribution in [-0.2, 0) is 55.2 Å². The van der Waals surface area contributed by atoms with Gasteiger partial charge in [-0.2, -0.15) is 39.5 Å². The molecule has 1 amide bonds. The van der Waals surface area contributed by atoms with Crippen molar-refractivity contribution in [2.75, 3.05) is 52.5 Å². The number of hydrogen-bond donors (Lipinski definition) is 1. The average Bonchev–Trinajstić information content (AvgIpc) is 3.30. The molecule has 2 aliphatic rings. The Bertz CT molecular complexity index is 2920. The molecular weight excluding hydrogens is 1050 g/mol. The highest BCUT2D eigenvalue weighted by atomic mass is 19.4. The minimum atomic E-state index is -5.32. The largest absolute Gasteiger partial charge is 0.466 e. The molecule has 6 rings (SSSR count). The monoisotopic (exact) mass is 1120 g/mol. The number of amides is 1. The fraction of sp³-hybridized carbons (Fsp3) is 0.545. The van der Waals surface area contributed by atoms with Gasteiger partial charge in [0.1, 0.15) is 23.7 Å². The van der Waals surface area contributed by atoms with Crippen molar-refractivity contribution in [3.8, 4) is 11.1 Å². The van der Waals surface area contributed by atoms with Crippen molar-refractivity contribution >= 4 is 17.8 Å². The van der Waals surface area contributed by atoms with Gasteiger partial charge >= 0.3 is 30.5 Å². The van der Waals surface area contributed by atoms with Gasteiger partial charge in [-0.15, -0.1) is 0 Å². The van der Waals surface area contributed by atoms with E-state index < -0.39 is 117 Å². The zero-order chi connectivity index (χ0) is 57.8. The van der Waals surface area contributed by atoms with Gasteiger partial charge in [0.05, 0.1) is 42.4 Å². The van der Waals surface area contributed by atoms with E-state index >= 15 is 4.39 Å². The molecule has 78 heavy (non-hydrogen) atoms. The third-order valence-corrected chi connectivity index (χ3v) is 14.0. The van der Waals surface area contributed by atoms with E-state index in [9.17, 15) is 67.9 Å². The number of halogens is 11. The third-order valence-electron chi connectivity index (χ3n) is 14.0. The summed E-state index contributed by atoms with van der Waals surface area (Å²) in [6, 6.07) is -0.383. The van der Waals surface area contributed by atoms with E-state index in [2.05, 4.69) is 5.32 Å². The van der Waals surface area contributed by atoms with Gasteiger partial charge in [-0.1, -0.05) is 27.7 Å². The molecule has 2 aromatic heterocycles. The first-order valence-electron chi connectivity index (χ1n) is 25.8. The molecular formula is C55H64F11N5O7. The van der Waals surface area contributed by atoms with Crippen LogP contribution < -0.4 is 16.4 Å². The molecule has 2 saturated heterocycles. The fourth-order valence-electron chi connectivity index (χ4n) is 10.1. The number of rotatable bonds is 22. The molecule has 23 heteroatoms. The summed E-state index contributed by atoms with van der Waals surface area (Å²) in [7, 11) is 0. The number of carbonyl (C=O) groups excluding carboxylic acids is 3. The summed E-state index contributed by atoms with van der Waals surface area (Å²) in [5.41, 5.74) is -7.58. The van der Waals surface area contributed by atoms with Crippen LogP contribution in [0.25, 0.3) is 11.1 Å². The number of aromatic nitrogens is 2. The van der Waals surface area contributed by atoms with Gasteiger partial charge in [0.2, 0.25) is 5.91 Å². The van der Waals surface area contributed by atoms with Crippen LogP contribution >= 0.6 is 0 Å². The molecule has 2 aromatic carbocycles. The van der Waals surface area contributed by atoms with Crippen molar-refractivity contribution in [2.24, 2.45) is 17.8 Å². The van der Waals surface area contributed by atoms with Gasteiger partial charge in [0.25, 0.3) is 11.1 Å². The second-order valence-corrected chi connectivity index (χ2v) is 21.1. The quantitative estimate of drug-likeness (QED) is 0.0603. The SMILES string of the molecule is CCOC(=O)C[C@H](NC(=O)C(CC(C)C)n1cc(CCN2CC(COC(=O)C(CC(C)C)n3cc(CCN4CCC4)c(C(F)(F)F)cc3=O)C2)c(C(F)(F)F)cc1=O)c1cc(-c2c(C)cc(F)cc2C)cc(C(F)(F)F)c1F. The normalized spacial score (nSPS) is 15.9. The molecule has 2 fully saturated rings. The van der Waals surface area contributed by atoms with Gasteiger partial charge in [-0.05, 0) is 135 Å². The van der Waals surface area contributed by atoms with Crippen molar-refractivity contribution in [3.05, 3.63) is 126 Å². The van der Waals surface area contributed by atoms with E-state index in [4.69, 9.17) is 9.47 Å². The highest BCUT2D eigenvalue weighted by molar-refractivity contribution is 5.82. The predicted molar refractivity (Wildman–Crippen MR) is 266 cm³/mol. The minimum Gasteiger partial charge on any atom is -0.466 e. The average molecular weight is 1120 g/mol. The van der Waals surface area contributed by atoms with Gasteiger partial charge in [-0.25, -0.2) is 13.6 Å². The lowest BCUT2D eigenvalue weighted by Crippen LogP contribution is -2.50. The highest BCUT2D eigenvalue weighted by Crippen LogP contribution is 2.41. The molecule has 428 valence electrons. The van der Waals surface area contributed by atoms with Crippen molar-refractivity contribution in [1.29, 1.82) is 0 Å². The summed E-state index contributed by atoms with van der Waals surface area (Å²) in [5, 5.41) is 2.41. The summed E-state index contributed by atoms with van der Waals surface area (Å²) in [6.45, 7) is 12.9. The topological polar surface area (TPSA) is 132 Å². The van der Waals surface area contributed by atoms with E-state index in [1.807, 2.05) is 4.90 Å². The molecule has 0 saturated carbocycles. The first-order valence-corrected chi connectivity index (χ1v) is 25.8. The summed E-state index contributed by atoms with van der Waals surface area (Å²) in [6.07, 6.45) is -13.7. The first kappa shape index (κ1) is 61.1. The maximum atomic E-state index is 16.3. The number of likely N-dealkylation sites (tertiary alicyclic amines) is 2. The fourth-order valence-corrected chi connectivity index (χ4v) is 10.1. The van der Waals surface area contributed by atoms with Crippen LogP contribution in [0, 0.1) is 43.2 Å². The van der Waals surface area contributed by atoms with Crippen molar-refractivity contribution < 1.29 is 72.2 Å². The second-order valence-electron chi connectivity index (χ2n) is 21.1. The van der Waals surface area contributed by atoms with Crippen LogP contribution in [0.4, 0.5) is 48.3 Å². The smallest absolute Gasteiger partial charge is 0.419 e. The van der Waals surface area contributed by atoms with Crippen molar-refractivity contribution in [1.82, 2.24) is 24.3 Å². The molecule has 1 N–H and O–H groups in total. The summed E-state index contributed by atoms with van der Waals surface area (Å²) in [5.74, 6) is -6.59. The van der Waals surface area contributed by atoms with Crippen LogP contribution in [0.1, 0.15) is 123 Å². The zero-order valence-corrected chi connectivity index (χ0v) is 44.3. The number of carbonyl (C=O) groups is 3. The Hall–Kier alpha value is -6.10. The number of esters is 2. The lowest BCUT2D eigenvalue weighted by molar-refractivity contribution is -0.151. The maximum absolute atomic E-state index is 16.3. The van der Waals surface area contributed by atoms with Gasteiger partial charge in [0.15, 0.2) is 0 Å². The molecule has 4 aromatic rings. The number of alkyl halides is 9. The number of pyridine rings is 2. The Labute approximate surface area is 443 Å². The molecule has 0 radical (unpaired) electrons. The highest BCUT2D eigenvalue weighted by Gasteiger charge is 2.41. The van der Waals surface area contributed by atoms with Crippen LogP contribution in [0.3, 0.4) is 0 Å². The number of nitrogens with one attached hydrogen (secondary N) is 1. The standard InChI is InChI=1S/C55H64F11N5O7/c1-8-77-48(74)24-43(39-20-37(21-42(50(39)57)55(64,65)66)49-32(6)18-38(56)19-33(49)7)67-51(75)44(16-30(2)3)70-27-36(40(22-46(70)72)53(58,59)60)11-15-69-25-34(26-69)29-78-52(76)45(17-31(4)5)71-28-35(10-14-68-12-9-13-68)41(23-47(71)73)54(61,62)63/h18-23,27-28,30-31,34,43-45H,8-17,24-26,29H2,1-7H3,(H,67,75)/t43-,44?,45?/m0/s1. The van der Waals surface area contributed by atoms with E-state index in [1.165, 1.54) is 20.8 Å². The molecule has 2 aliphatic heterocycles. The zero-order valence-electron chi connectivity index (χ0n) is 44.3. The molecule has 0 aliphatic carbocycles. The van der Waals surface area contributed by atoms with Crippen LogP contribution in [0.15, 0.2) is 58.4 Å². The Morgan fingerprint density at radius 2 is 1.18 bits per heavy atom. The van der Waals surface area contributed by atoms with Crippen molar-refractivity contribution in [3.63, 3.8) is 0 Å². The van der Waals surface area contributed by atoms with E-state index in [1.54, 1.807) is 32.6 Å². The third kappa shape index (κ3) is 15.2. The first-order chi connectivity index (χ1) is 36.4. The van der Waals surface area contributed by atoms with Gasteiger partial charge in [-0.3, -0.25) is 19.2 Å². The molecule has 0 bridgehead atoms. The van der Waals surface area contributed by atoms with Crippen LogP contribution in [-0.4, -0.2) is 89.3 Å². The number of ether oxygens (including phenoxy) is 2. The Morgan fingerprint density at radius 1 is 0.679 bits per heavy atom. The van der Waals surface area contributed by atoms with Crippen LogP contribution in [0.5, 0.6) is 0 Å². The summed E-state index contributed by atoms with van der Waals surface area (Å²) < 4.78 is 173. The van der Waals surface area contributed by atoms with E-state index in [-0.39, 0.29) is 98.2 Å². The number of nitrogens with zero attached hydrogens (tertiary/aromatic N) is 4. The van der Waals surface area contributed by atoms with E-state index in [0.717, 1.165) is 59.2 Å². The minimum absolute atomic E-state index is 0.00820. The lowest BCUT2D eigenvalue weighted by Gasteiger charge is -2.39. The maximum Gasteiger partial charge on any atom is 0.419 e. The molecule has 2 unspecified atom stereocenters.